The van der Waals surface area contributed by atoms with E-state index in [1.54, 1.807) is 35.2 Å². The molecule has 6 heteroatoms. The summed E-state index contributed by atoms with van der Waals surface area (Å²) >= 11 is -2.49. The topological polar surface area (TPSA) is 81.3 Å². The van der Waals surface area contributed by atoms with E-state index < -0.39 is 17.2 Å². The van der Waals surface area contributed by atoms with Crippen LogP contribution in [0.4, 0.5) is 0 Å². The molecule has 2 rings (SSSR count). The fourth-order valence-corrected chi connectivity index (χ4v) is 1.31. The summed E-state index contributed by atoms with van der Waals surface area (Å²) in [6.07, 6.45) is 0. The molecular formula is C13H13N2O3S-. The highest BCUT2D eigenvalue weighted by molar-refractivity contribution is 7.77. The molecule has 0 saturated carbocycles. The molecule has 0 aliphatic rings. The van der Waals surface area contributed by atoms with Crippen LogP contribution < -0.4 is 10.3 Å². The van der Waals surface area contributed by atoms with Crippen LogP contribution in [0.25, 0.3) is 0 Å². The lowest BCUT2D eigenvalue weighted by Gasteiger charge is -2.08. The zero-order valence-electron chi connectivity index (χ0n) is 9.98. The third-order valence-electron chi connectivity index (χ3n) is 1.95. The van der Waals surface area contributed by atoms with Crippen molar-refractivity contribution in [2.75, 3.05) is 0 Å². The normalized spacial score (nSPS) is 10.8. The average molecular weight is 277 g/mol. The summed E-state index contributed by atoms with van der Waals surface area (Å²) < 4.78 is 20.0. The zero-order chi connectivity index (χ0) is 13.9. The summed E-state index contributed by atoms with van der Waals surface area (Å²) in [4.78, 5) is 12.9. The second kappa shape index (κ2) is 8.98. The van der Waals surface area contributed by atoms with Crippen molar-refractivity contribution in [2.24, 2.45) is 0 Å². The van der Waals surface area contributed by atoms with Gasteiger partial charge in [0.15, 0.2) is 0 Å². The number of hydrogen-bond donors (Lipinski definition) is 2. The van der Waals surface area contributed by atoms with Crippen molar-refractivity contribution < 1.29 is 13.6 Å². The van der Waals surface area contributed by atoms with Gasteiger partial charge >= 0.3 is 0 Å². The van der Waals surface area contributed by atoms with Crippen molar-refractivity contribution in [3.63, 3.8) is 0 Å². The van der Waals surface area contributed by atoms with E-state index in [0.29, 0.717) is 5.56 Å². The molecule has 1 unspecified atom stereocenters. The highest BCUT2D eigenvalue weighted by Gasteiger charge is 2.01. The van der Waals surface area contributed by atoms with E-state index >= 15 is 0 Å². The van der Waals surface area contributed by atoms with Crippen LogP contribution in [0.1, 0.15) is 10.4 Å². The molecule has 0 aliphatic carbocycles. The van der Waals surface area contributed by atoms with Gasteiger partial charge in [0, 0.05) is 16.8 Å². The lowest BCUT2D eigenvalue weighted by atomic mass is 10.2. The first-order chi connectivity index (χ1) is 9.20. The van der Waals surface area contributed by atoms with Gasteiger partial charge in [0.05, 0.1) is 0 Å². The molecule has 5 nitrogen and oxygen atoms in total. The van der Waals surface area contributed by atoms with E-state index in [4.69, 9.17) is 0 Å². The maximum absolute atomic E-state index is 11.1. The van der Waals surface area contributed by atoms with E-state index in [0.717, 1.165) is 0 Å². The van der Waals surface area contributed by atoms with Crippen molar-refractivity contribution in [1.29, 1.82) is 0 Å². The minimum Gasteiger partial charge on any atom is -0.759 e. The Morgan fingerprint density at radius 3 is 1.74 bits per heavy atom. The highest BCUT2D eigenvalue weighted by atomic mass is 32.2. The van der Waals surface area contributed by atoms with Crippen LogP contribution in [-0.2, 0) is 11.3 Å². The Labute approximate surface area is 114 Å². The van der Waals surface area contributed by atoms with Crippen LogP contribution in [0.3, 0.4) is 0 Å². The first-order valence-corrected chi connectivity index (χ1v) is 6.48. The monoisotopic (exact) mass is 277 g/mol. The Morgan fingerprint density at radius 2 is 1.32 bits per heavy atom. The molecule has 2 aromatic rings. The van der Waals surface area contributed by atoms with Crippen LogP contribution in [0.15, 0.2) is 66.7 Å². The fourth-order valence-electron chi connectivity index (χ4n) is 1.13. The molecule has 0 radical (unpaired) electrons. The molecule has 100 valence electrons. The minimum absolute atomic E-state index is 0.389. The summed E-state index contributed by atoms with van der Waals surface area (Å²) in [5, 5.41) is 0. The van der Waals surface area contributed by atoms with Gasteiger partial charge in [-0.25, -0.2) is 0 Å². The van der Waals surface area contributed by atoms with Gasteiger partial charge in [0.25, 0.3) is 5.91 Å². The van der Waals surface area contributed by atoms with Crippen molar-refractivity contribution in [3.05, 3.63) is 72.3 Å². The average Bonchev–Trinajstić information content (AvgIpc) is 2.48. The van der Waals surface area contributed by atoms with E-state index in [9.17, 15) is 13.6 Å². The van der Waals surface area contributed by atoms with Crippen molar-refractivity contribution in [1.82, 2.24) is 10.3 Å². The van der Waals surface area contributed by atoms with Gasteiger partial charge in [-0.1, -0.05) is 54.6 Å². The van der Waals surface area contributed by atoms with Crippen LogP contribution >= 0.6 is 0 Å². The van der Waals surface area contributed by atoms with Crippen LogP contribution in [0.2, 0.25) is 0 Å². The Balaban J connectivity index is 0.000000250. The van der Waals surface area contributed by atoms with Gasteiger partial charge in [-0.05, 0) is 12.1 Å². The molecule has 1 atom stereocenters. The highest BCUT2D eigenvalue weighted by Crippen LogP contribution is 1.96. The van der Waals surface area contributed by atoms with Crippen molar-refractivity contribution in [3.8, 4) is 0 Å². The molecule has 0 fully saturated rings. The number of nitrogens with one attached hydrogen (secondary N) is 2. The molecule has 19 heavy (non-hydrogen) atoms. The first-order valence-electron chi connectivity index (χ1n) is 5.40. The molecule has 0 heterocycles. The lowest BCUT2D eigenvalue weighted by Crippen LogP contribution is -2.38. The van der Waals surface area contributed by atoms with Gasteiger partial charge in [0.1, 0.15) is 0 Å². The van der Waals surface area contributed by atoms with E-state index in [1.165, 1.54) is 0 Å². The molecule has 2 aromatic carbocycles. The van der Waals surface area contributed by atoms with Gasteiger partial charge in [-0.3, -0.25) is 14.4 Å². The van der Waals surface area contributed by atoms with Crippen LogP contribution in [0, 0.1) is 0 Å². The van der Waals surface area contributed by atoms with E-state index in [1.807, 2.05) is 41.8 Å². The van der Waals surface area contributed by atoms with Crippen molar-refractivity contribution in [2.45, 2.75) is 0 Å². The second-order valence-corrected chi connectivity index (χ2v) is 3.99. The summed E-state index contributed by atoms with van der Waals surface area (Å²) in [6, 6.07) is 20.3. The molecule has 0 bridgehead atoms. The molecule has 0 aliphatic heterocycles. The van der Waals surface area contributed by atoms with Gasteiger partial charge in [0.2, 0.25) is 0 Å². The number of carbonyl (C=O) groups is 1. The predicted molar refractivity (Wildman–Crippen MR) is 72.4 cm³/mol. The number of hydrogen-bond acceptors (Lipinski definition) is 3. The Bertz CT molecular complexity index is 479. The quantitative estimate of drug-likeness (QED) is 0.657. The van der Waals surface area contributed by atoms with E-state index in [-0.39, 0.29) is 0 Å². The number of hydrazine groups is 1. The number of rotatable bonds is 3. The second-order valence-electron chi connectivity index (χ2n) is 3.31. The summed E-state index contributed by atoms with van der Waals surface area (Å²) in [7, 11) is 0. The van der Waals surface area contributed by atoms with Gasteiger partial charge in [-0.15, -0.1) is 0 Å². The third-order valence-corrected chi connectivity index (χ3v) is 2.22. The maximum atomic E-state index is 11.1. The van der Waals surface area contributed by atoms with Gasteiger partial charge in [-0.2, -0.15) is 4.83 Å². The standard InChI is InChI=1S/C7H8N2O3S.C6H6/c10-7(8-9-13(11)12)6-4-2-1-3-5-6;1-2-4-6-5-3-1/h1-5,9H,(H,8,10)(H,11,12);1-6H/p-1. The lowest BCUT2D eigenvalue weighted by molar-refractivity contribution is 0.0944. The molecule has 2 N–H and O–H groups in total. The smallest absolute Gasteiger partial charge is 0.266 e. The Morgan fingerprint density at radius 1 is 0.895 bits per heavy atom. The number of amides is 1. The zero-order valence-corrected chi connectivity index (χ0v) is 10.8. The number of benzene rings is 2. The largest absolute Gasteiger partial charge is 0.759 e. The van der Waals surface area contributed by atoms with Crippen LogP contribution in [-0.4, -0.2) is 14.7 Å². The molecule has 0 spiro atoms. The maximum Gasteiger partial charge on any atom is 0.266 e. The molecule has 0 saturated heterocycles. The van der Waals surface area contributed by atoms with Gasteiger partial charge < -0.3 is 4.55 Å². The fraction of sp³-hybridized carbons (Fsp3) is 0. The van der Waals surface area contributed by atoms with Crippen LogP contribution in [0.5, 0.6) is 0 Å². The molecular weight excluding hydrogens is 264 g/mol. The minimum atomic E-state index is -2.49. The first kappa shape index (κ1) is 15.0. The molecule has 0 aromatic heterocycles. The summed E-state index contributed by atoms with van der Waals surface area (Å²) in [5.41, 5.74) is 2.39. The Kier molecular flexibility index (Phi) is 7.11. The summed E-state index contributed by atoms with van der Waals surface area (Å²) in [5.74, 6) is -0.496. The van der Waals surface area contributed by atoms with E-state index in [2.05, 4.69) is 0 Å². The predicted octanol–water partition coefficient (Wildman–Crippen LogP) is 1.40. The van der Waals surface area contributed by atoms with Crippen molar-refractivity contribution >= 4 is 17.2 Å². The SMILES string of the molecule is O=C(NNS(=O)[O-])c1ccccc1.c1ccccc1. The third kappa shape index (κ3) is 7.10. The molecule has 1 amide bonds. The Hall–Kier alpha value is -2.02. The summed E-state index contributed by atoms with van der Waals surface area (Å²) in [6.45, 7) is 0. The number of carbonyl (C=O) groups excluding carboxylic acids is 1.